The first kappa shape index (κ1) is 13.3. The summed E-state index contributed by atoms with van der Waals surface area (Å²) >= 11 is 6.24. The highest BCUT2D eigenvalue weighted by molar-refractivity contribution is 6.30. The molecule has 2 aliphatic rings. The van der Waals surface area contributed by atoms with Gasteiger partial charge in [-0.1, -0.05) is 24.9 Å². The van der Waals surface area contributed by atoms with Crippen LogP contribution in [0.25, 0.3) is 0 Å². The van der Waals surface area contributed by atoms with Crippen molar-refractivity contribution < 1.29 is 4.74 Å². The van der Waals surface area contributed by atoms with Gasteiger partial charge in [-0.2, -0.15) is 0 Å². The van der Waals surface area contributed by atoms with Gasteiger partial charge in [0.2, 0.25) is 0 Å². The Kier molecular flexibility index (Phi) is 3.48. The van der Waals surface area contributed by atoms with E-state index in [9.17, 15) is 0 Å². The Morgan fingerprint density at radius 1 is 1.47 bits per heavy atom. The van der Waals surface area contributed by atoms with Gasteiger partial charge in [0, 0.05) is 11.4 Å². The normalized spacial score (nSPS) is 29.3. The summed E-state index contributed by atoms with van der Waals surface area (Å²) in [6, 6.07) is 4.12. The molecule has 19 heavy (non-hydrogen) atoms. The first-order valence-corrected chi connectivity index (χ1v) is 7.64. The zero-order valence-corrected chi connectivity index (χ0v) is 12.3. The molecule has 2 unspecified atom stereocenters. The van der Waals surface area contributed by atoms with E-state index in [1.165, 1.54) is 30.4 Å². The maximum Gasteiger partial charge on any atom is 0.125 e. The lowest BCUT2D eigenvalue weighted by molar-refractivity contribution is 0.287. The van der Waals surface area contributed by atoms with Gasteiger partial charge in [-0.05, 0) is 60.4 Å². The summed E-state index contributed by atoms with van der Waals surface area (Å²) in [6.45, 7) is 3.88. The van der Waals surface area contributed by atoms with Gasteiger partial charge in [-0.25, -0.2) is 0 Å². The van der Waals surface area contributed by atoms with Gasteiger partial charge in [0.15, 0.2) is 0 Å². The van der Waals surface area contributed by atoms with Crippen molar-refractivity contribution in [1.82, 2.24) is 0 Å². The van der Waals surface area contributed by atoms with Crippen molar-refractivity contribution in [2.45, 2.75) is 39.0 Å². The molecule has 1 fully saturated rings. The van der Waals surface area contributed by atoms with Gasteiger partial charge < -0.3 is 10.5 Å². The van der Waals surface area contributed by atoms with Crippen molar-refractivity contribution in [2.75, 3.05) is 13.2 Å². The minimum Gasteiger partial charge on any atom is -0.493 e. The Bertz CT molecular complexity index is 488. The molecule has 3 heteroatoms. The van der Waals surface area contributed by atoms with Crippen molar-refractivity contribution in [3.8, 4) is 5.75 Å². The maximum absolute atomic E-state index is 6.24. The molecule has 3 rings (SSSR count). The fourth-order valence-electron chi connectivity index (χ4n) is 3.80. The number of ether oxygens (including phenoxy) is 1. The van der Waals surface area contributed by atoms with Crippen LogP contribution in [-0.4, -0.2) is 13.2 Å². The van der Waals surface area contributed by atoms with Crippen LogP contribution in [0.4, 0.5) is 0 Å². The lowest BCUT2D eigenvalue weighted by Crippen LogP contribution is -2.30. The van der Waals surface area contributed by atoms with Crippen LogP contribution in [0.3, 0.4) is 0 Å². The van der Waals surface area contributed by atoms with Crippen LogP contribution in [0.1, 0.15) is 37.3 Å². The molecule has 0 spiro atoms. The average Bonchev–Trinajstić information content (AvgIpc) is 2.97. The molecule has 1 aromatic carbocycles. The number of fused-ring (bicyclic) bond motifs is 1. The number of hydrogen-bond donors (Lipinski definition) is 1. The van der Waals surface area contributed by atoms with Crippen molar-refractivity contribution >= 4 is 11.6 Å². The van der Waals surface area contributed by atoms with Crippen LogP contribution in [0, 0.1) is 11.3 Å². The van der Waals surface area contributed by atoms with E-state index in [0.29, 0.717) is 0 Å². The summed E-state index contributed by atoms with van der Waals surface area (Å²) in [7, 11) is 0. The molecule has 0 radical (unpaired) electrons. The lowest BCUT2D eigenvalue weighted by Gasteiger charge is -2.28. The smallest absolute Gasteiger partial charge is 0.125 e. The largest absolute Gasteiger partial charge is 0.493 e. The third-order valence-electron chi connectivity index (χ3n) is 4.77. The zero-order valence-electron chi connectivity index (χ0n) is 11.5. The monoisotopic (exact) mass is 279 g/mol. The van der Waals surface area contributed by atoms with Gasteiger partial charge in [-0.15, -0.1) is 0 Å². The minimum absolute atomic E-state index is 0.254. The Hall–Kier alpha value is -0.730. The number of rotatable bonds is 3. The summed E-state index contributed by atoms with van der Waals surface area (Å²) < 4.78 is 5.81. The molecule has 1 saturated carbocycles. The number of halogens is 1. The highest BCUT2D eigenvalue weighted by atomic mass is 35.5. The highest BCUT2D eigenvalue weighted by Gasteiger charge is 2.37. The van der Waals surface area contributed by atoms with Crippen molar-refractivity contribution in [2.24, 2.45) is 17.1 Å². The Morgan fingerprint density at radius 2 is 2.32 bits per heavy atom. The second kappa shape index (κ2) is 4.99. The second-order valence-electron chi connectivity index (χ2n) is 6.38. The molecule has 1 aliphatic heterocycles. The fourth-order valence-corrected chi connectivity index (χ4v) is 4.06. The molecule has 0 saturated heterocycles. The topological polar surface area (TPSA) is 35.2 Å². The van der Waals surface area contributed by atoms with Crippen LogP contribution in [0.2, 0.25) is 5.02 Å². The van der Waals surface area contributed by atoms with Crippen LogP contribution >= 0.6 is 11.6 Å². The molecule has 2 atom stereocenters. The molecular formula is C16H22ClNO. The molecule has 1 aliphatic carbocycles. The maximum atomic E-state index is 6.24. The minimum atomic E-state index is 0.254. The van der Waals surface area contributed by atoms with E-state index < -0.39 is 0 Å². The fraction of sp³-hybridized carbons (Fsp3) is 0.625. The summed E-state index contributed by atoms with van der Waals surface area (Å²) in [6.07, 6.45) is 5.74. The molecule has 0 amide bonds. The predicted octanol–water partition coefficient (Wildman–Crippen LogP) is 3.58. The van der Waals surface area contributed by atoms with E-state index in [4.69, 9.17) is 22.1 Å². The zero-order chi connectivity index (χ0) is 13.5. The van der Waals surface area contributed by atoms with Crippen LogP contribution in [-0.2, 0) is 12.8 Å². The molecule has 0 aromatic heterocycles. The van der Waals surface area contributed by atoms with Crippen molar-refractivity contribution in [3.63, 3.8) is 0 Å². The van der Waals surface area contributed by atoms with E-state index in [0.717, 1.165) is 42.7 Å². The van der Waals surface area contributed by atoms with E-state index in [-0.39, 0.29) is 5.41 Å². The first-order chi connectivity index (χ1) is 9.12. The summed E-state index contributed by atoms with van der Waals surface area (Å²) in [5, 5.41) is 0.831. The molecule has 104 valence electrons. The van der Waals surface area contributed by atoms with Crippen molar-refractivity contribution in [1.29, 1.82) is 0 Å². The second-order valence-corrected chi connectivity index (χ2v) is 6.82. The third-order valence-corrected chi connectivity index (χ3v) is 4.99. The van der Waals surface area contributed by atoms with E-state index in [1.54, 1.807) is 0 Å². The molecule has 0 bridgehead atoms. The van der Waals surface area contributed by atoms with Gasteiger partial charge in [-0.3, -0.25) is 0 Å². The third kappa shape index (κ3) is 2.48. The Balaban J connectivity index is 1.91. The van der Waals surface area contributed by atoms with Crippen LogP contribution < -0.4 is 10.5 Å². The van der Waals surface area contributed by atoms with Gasteiger partial charge in [0.1, 0.15) is 5.75 Å². The van der Waals surface area contributed by atoms with Gasteiger partial charge >= 0.3 is 0 Å². The molecule has 2 nitrogen and oxygen atoms in total. The van der Waals surface area contributed by atoms with Crippen LogP contribution in [0.5, 0.6) is 5.75 Å². The first-order valence-electron chi connectivity index (χ1n) is 7.26. The number of benzene rings is 1. The quantitative estimate of drug-likeness (QED) is 0.918. The molecule has 2 N–H and O–H groups in total. The number of nitrogens with two attached hydrogens (primary N) is 1. The summed E-state index contributed by atoms with van der Waals surface area (Å²) in [5.74, 6) is 1.87. The average molecular weight is 280 g/mol. The predicted molar refractivity (Wildman–Crippen MR) is 78.9 cm³/mol. The van der Waals surface area contributed by atoms with Crippen molar-refractivity contribution in [3.05, 3.63) is 28.3 Å². The Labute approximate surface area is 120 Å². The standard InChI is InChI=1S/C16H22ClNO/c1-11-2-4-16(8-11,10-18)9-13-7-14(17)6-12-3-5-19-15(12)13/h6-7,11H,2-5,8-10,18H2,1H3. The van der Waals surface area contributed by atoms with Crippen LogP contribution in [0.15, 0.2) is 12.1 Å². The van der Waals surface area contributed by atoms with E-state index >= 15 is 0 Å². The van der Waals surface area contributed by atoms with E-state index in [2.05, 4.69) is 13.0 Å². The van der Waals surface area contributed by atoms with Gasteiger partial charge in [0.25, 0.3) is 0 Å². The summed E-state index contributed by atoms with van der Waals surface area (Å²) in [4.78, 5) is 0. The Morgan fingerprint density at radius 3 is 3.00 bits per heavy atom. The van der Waals surface area contributed by atoms with Gasteiger partial charge in [0.05, 0.1) is 6.61 Å². The number of hydrogen-bond acceptors (Lipinski definition) is 2. The molecular weight excluding hydrogens is 258 g/mol. The molecule has 1 aromatic rings. The summed E-state index contributed by atoms with van der Waals surface area (Å²) in [5.41, 5.74) is 8.87. The van der Waals surface area contributed by atoms with E-state index in [1.807, 2.05) is 6.07 Å². The highest BCUT2D eigenvalue weighted by Crippen LogP contribution is 2.46. The molecule has 1 heterocycles. The lowest BCUT2D eigenvalue weighted by atomic mass is 9.79. The SMILES string of the molecule is CC1CCC(CN)(Cc2cc(Cl)cc3c2OCC3)C1.